The van der Waals surface area contributed by atoms with E-state index in [9.17, 15) is 18.0 Å². The lowest BCUT2D eigenvalue weighted by molar-refractivity contribution is -0.137. The van der Waals surface area contributed by atoms with Crippen molar-refractivity contribution in [3.8, 4) is 0 Å². The monoisotopic (exact) mass is 505 g/mol. The summed E-state index contributed by atoms with van der Waals surface area (Å²) in [5.74, 6) is -0.0390. The molecule has 0 spiro atoms. The van der Waals surface area contributed by atoms with E-state index in [0.717, 1.165) is 33.7 Å². The lowest BCUT2D eigenvalue weighted by Gasteiger charge is -2.37. The van der Waals surface area contributed by atoms with Gasteiger partial charge in [-0.3, -0.25) is 4.79 Å². The van der Waals surface area contributed by atoms with Gasteiger partial charge in [0.05, 0.1) is 5.56 Å². The maximum absolute atomic E-state index is 13.5. The second kappa shape index (κ2) is 9.96. The number of amides is 1. The molecule has 192 valence electrons. The Labute approximate surface area is 214 Å². The Morgan fingerprint density at radius 1 is 0.919 bits per heavy atom. The molecule has 1 aliphatic rings. The summed E-state index contributed by atoms with van der Waals surface area (Å²) >= 11 is 0. The van der Waals surface area contributed by atoms with Crippen molar-refractivity contribution in [2.75, 3.05) is 31.1 Å². The smallest absolute Gasteiger partial charge is 0.368 e. The van der Waals surface area contributed by atoms with E-state index in [1.807, 2.05) is 35.9 Å². The highest BCUT2D eigenvalue weighted by molar-refractivity contribution is 5.86. The normalized spacial score (nSPS) is 15.3. The Morgan fingerprint density at radius 2 is 1.62 bits per heavy atom. The number of aryl methyl sites for hydroxylation is 2. The molecule has 5 rings (SSSR count). The molecule has 0 bridgehead atoms. The summed E-state index contributed by atoms with van der Waals surface area (Å²) in [6.07, 6.45) is -1.92. The Balaban J connectivity index is 1.35. The van der Waals surface area contributed by atoms with Crippen LogP contribution >= 0.6 is 0 Å². The molecule has 0 unspecified atom stereocenters. The Hall–Kier alpha value is -3.74. The molecule has 4 nitrogen and oxygen atoms in total. The number of aromatic nitrogens is 1. The fourth-order valence-electron chi connectivity index (χ4n) is 5.25. The van der Waals surface area contributed by atoms with Gasteiger partial charge < -0.3 is 14.4 Å². The zero-order chi connectivity index (χ0) is 26.2. The van der Waals surface area contributed by atoms with Crippen molar-refractivity contribution in [2.24, 2.45) is 7.05 Å². The largest absolute Gasteiger partial charge is 0.416 e. The highest BCUT2D eigenvalue weighted by Crippen LogP contribution is 2.36. The number of nitrogens with zero attached hydrogens (tertiary/aromatic N) is 3. The van der Waals surface area contributed by atoms with Crippen LogP contribution in [0.15, 0.2) is 79.0 Å². The quantitative estimate of drug-likeness (QED) is 0.315. The molecular formula is C30H30F3N3O. The topological polar surface area (TPSA) is 28.5 Å². The Kier molecular flexibility index (Phi) is 6.71. The van der Waals surface area contributed by atoms with Crippen molar-refractivity contribution in [2.45, 2.75) is 25.4 Å². The molecule has 2 heterocycles. The van der Waals surface area contributed by atoms with Crippen molar-refractivity contribution in [1.29, 1.82) is 0 Å². The molecule has 0 radical (unpaired) electrons. The number of halogens is 3. The van der Waals surface area contributed by atoms with Gasteiger partial charge in [-0.15, -0.1) is 0 Å². The third-order valence-corrected chi connectivity index (χ3v) is 7.33. The van der Waals surface area contributed by atoms with Crippen LogP contribution in [0.1, 0.15) is 34.6 Å². The molecule has 1 saturated heterocycles. The second-order valence-corrected chi connectivity index (χ2v) is 9.80. The lowest BCUT2D eigenvalue weighted by atomic mass is 9.87. The fraction of sp³-hybridized carbons (Fsp3) is 0.300. The highest BCUT2D eigenvalue weighted by atomic mass is 19.4. The number of fused-ring (bicyclic) bond motifs is 1. The summed E-state index contributed by atoms with van der Waals surface area (Å²) in [6, 6.07) is 22.0. The maximum atomic E-state index is 13.5. The summed E-state index contributed by atoms with van der Waals surface area (Å²) in [6.45, 7) is 4.00. The van der Waals surface area contributed by atoms with Gasteiger partial charge in [0.25, 0.3) is 0 Å². The zero-order valence-electron chi connectivity index (χ0n) is 21.0. The average molecular weight is 506 g/mol. The van der Waals surface area contributed by atoms with Gasteiger partial charge in [0.2, 0.25) is 5.91 Å². The number of anilines is 1. The van der Waals surface area contributed by atoms with Gasteiger partial charge in [0, 0.05) is 68.4 Å². The number of carbonyl (C=O) groups is 1. The van der Waals surface area contributed by atoms with E-state index >= 15 is 0 Å². The van der Waals surface area contributed by atoms with Gasteiger partial charge >= 0.3 is 6.18 Å². The Bertz CT molecular complexity index is 1400. The molecule has 1 aromatic heterocycles. The van der Waals surface area contributed by atoms with Gasteiger partial charge in [0.15, 0.2) is 0 Å². The Morgan fingerprint density at radius 3 is 2.32 bits per heavy atom. The molecule has 3 aromatic carbocycles. The number of hydrogen-bond donors (Lipinski definition) is 0. The third-order valence-electron chi connectivity index (χ3n) is 7.33. The van der Waals surface area contributed by atoms with Gasteiger partial charge in [0.1, 0.15) is 0 Å². The van der Waals surface area contributed by atoms with Crippen molar-refractivity contribution in [3.63, 3.8) is 0 Å². The van der Waals surface area contributed by atoms with Crippen molar-refractivity contribution in [3.05, 3.63) is 101 Å². The van der Waals surface area contributed by atoms with Crippen LogP contribution in [0.5, 0.6) is 0 Å². The second-order valence-electron chi connectivity index (χ2n) is 9.80. The lowest BCUT2D eigenvalue weighted by Crippen LogP contribution is -2.49. The summed E-state index contributed by atoms with van der Waals surface area (Å²) in [4.78, 5) is 17.3. The van der Waals surface area contributed by atoms with E-state index in [1.54, 1.807) is 6.07 Å². The molecule has 0 aliphatic carbocycles. The van der Waals surface area contributed by atoms with E-state index < -0.39 is 11.7 Å². The van der Waals surface area contributed by atoms with Crippen molar-refractivity contribution in [1.82, 2.24) is 9.47 Å². The van der Waals surface area contributed by atoms with Crippen molar-refractivity contribution >= 4 is 22.5 Å². The van der Waals surface area contributed by atoms with Crippen LogP contribution in [0.3, 0.4) is 0 Å². The summed E-state index contributed by atoms with van der Waals surface area (Å²) < 4.78 is 41.6. The molecule has 0 N–H and O–H groups in total. The van der Waals surface area contributed by atoms with Crippen LogP contribution < -0.4 is 4.90 Å². The van der Waals surface area contributed by atoms with E-state index in [4.69, 9.17) is 0 Å². The summed E-state index contributed by atoms with van der Waals surface area (Å²) in [5.41, 5.74) is 4.39. The number of alkyl halides is 3. The molecule has 1 aliphatic heterocycles. The molecule has 7 heteroatoms. The first-order valence-electron chi connectivity index (χ1n) is 12.5. The van der Waals surface area contributed by atoms with Gasteiger partial charge in [-0.25, -0.2) is 0 Å². The predicted molar refractivity (Wildman–Crippen MR) is 141 cm³/mol. The van der Waals surface area contributed by atoms with E-state index in [-0.39, 0.29) is 11.8 Å². The van der Waals surface area contributed by atoms with Gasteiger partial charge in [-0.1, -0.05) is 54.1 Å². The molecular weight excluding hydrogens is 475 g/mol. The first kappa shape index (κ1) is 24.9. The van der Waals surface area contributed by atoms with E-state index in [1.165, 1.54) is 12.1 Å². The highest BCUT2D eigenvalue weighted by Gasteiger charge is 2.32. The number of carbonyl (C=O) groups excluding carboxylic acids is 1. The summed E-state index contributed by atoms with van der Waals surface area (Å²) in [5, 5.41) is 1.14. The van der Waals surface area contributed by atoms with Crippen LogP contribution in [-0.2, 0) is 18.0 Å². The zero-order valence-corrected chi connectivity index (χ0v) is 21.0. The van der Waals surface area contributed by atoms with Gasteiger partial charge in [-0.05, 0) is 42.3 Å². The van der Waals surface area contributed by atoms with Crippen LogP contribution in [0, 0.1) is 6.92 Å². The molecule has 37 heavy (non-hydrogen) atoms. The number of hydrogen-bond acceptors (Lipinski definition) is 2. The van der Waals surface area contributed by atoms with Crippen LogP contribution in [0.25, 0.3) is 10.9 Å². The van der Waals surface area contributed by atoms with Crippen molar-refractivity contribution < 1.29 is 18.0 Å². The molecule has 1 amide bonds. The third kappa shape index (κ3) is 5.22. The molecule has 1 atom stereocenters. The number of para-hydroxylation sites is 1. The minimum absolute atomic E-state index is 0.0576. The summed E-state index contributed by atoms with van der Waals surface area (Å²) in [7, 11) is 2.02. The van der Waals surface area contributed by atoms with Crippen LogP contribution in [-0.4, -0.2) is 41.6 Å². The molecule has 1 fully saturated rings. The number of rotatable bonds is 5. The molecule has 0 saturated carbocycles. The standard InChI is InChI=1S/C30H30F3N3O/c1-21-10-12-22(13-11-21)26(27-20-34(2)28-9-4-3-8-25(27)28)19-29(37)36-16-14-35(15-17-36)24-7-5-6-23(18-24)30(31,32)33/h3-13,18,20,26H,14-17,19H2,1-2H3/t26-/m1/s1. The van der Waals surface area contributed by atoms with Crippen LogP contribution in [0.2, 0.25) is 0 Å². The molecule has 4 aromatic rings. The van der Waals surface area contributed by atoms with E-state index in [2.05, 4.69) is 47.2 Å². The maximum Gasteiger partial charge on any atom is 0.416 e. The van der Waals surface area contributed by atoms with E-state index in [0.29, 0.717) is 38.3 Å². The minimum atomic E-state index is -4.37. The minimum Gasteiger partial charge on any atom is -0.368 e. The number of benzene rings is 3. The van der Waals surface area contributed by atoms with Gasteiger partial charge in [-0.2, -0.15) is 13.2 Å². The fourth-order valence-corrected chi connectivity index (χ4v) is 5.25. The van der Waals surface area contributed by atoms with Crippen LogP contribution in [0.4, 0.5) is 18.9 Å². The SMILES string of the molecule is Cc1ccc([C@@H](CC(=O)N2CCN(c3cccc(C(F)(F)F)c3)CC2)c2cn(C)c3ccccc23)cc1. The average Bonchev–Trinajstić information content (AvgIpc) is 3.23. The first-order chi connectivity index (χ1) is 17.7. The number of piperazine rings is 1. The predicted octanol–water partition coefficient (Wildman–Crippen LogP) is 6.38. The first-order valence-corrected chi connectivity index (χ1v) is 12.5.